The van der Waals surface area contributed by atoms with E-state index in [1.54, 1.807) is 0 Å². The molecule has 0 aliphatic rings. The minimum Gasteiger partial charge on any atom is -0.462 e. The molecule has 0 rings (SSSR count). The van der Waals surface area contributed by atoms with E-state index in [-0.39, 0.29) is 25.7 Å². The van der Waals surface area contributed by atoms with E-state index in [2.05, 4.69) is 55.4 Å². The second kappa shape index (κ2) is 68.2. The fourth-order valence-corrected chi connectivity index (χ4v) is 13.6. The molecule has 0 saturated carbocycles. The zero-order valence-electron chi connectivity index (χ0n) is 64.4. The molecule has 19 heteroatoms. The van der Waals surface area contributed by atoms with Gasteiger partial charge < -0.3 is 33.8 Å². The minimum atomic E-state index is -4.96. The van der Waals surface area contributed by atoms with Crippen LogP contribution in [-0.2, 0) is 65.4 Å². The van der Waals surface area contributed by atoms with Crippen LogP contribution in [0.25, 0.3) is 0 Å². The maximum absolute atomic E-state index is 13.1. The standard InChI is InChI=1S/C79H154O17P2/c1-9-72(8)58-50-42-37-38-44-52-60-77(82)90-66-75(96-79(84)61-53-45-35-27-23-19-15-13-11-10-12-14-17-21-25-31-39-47-55-69(2)3)68-94-98(87,88)92-64-73(80)63-91-97(85,86)93-67-74(65-89-76(81)59-51-43-34-30-29-33-41-49-57-71(6)7)95-78(83)62-54-46-36-28-24-20-16-18-22-26-32-40-48-56-70(4)5/h69-75,80H,9-68H2,1-8H3,(H,85,86)(H,87,88)/t72?,73-,74-,75-/m1/s1. The molecule has 0 heterocycles. The summed E-state index contributed by atoms with van der Waals surface area (Å²) in [5, 5.41) is 10.6. The van der Waals surface area contributed by atoms with Crippen LogP contribution in [0.15, 0.2) is 0 Å². The first kappa shape index (κ1) is 96.1. The van der Waals surface area contributed by atoms with Gasteiger partial charge in [0.25, 0.3) is 0 Å². The van der Waals surface area contributed by atoms with Crippen molar-refractivity contribution in [3.8, 4) is 0 Å². The van der Waals surface area contributed by atoms with Crippen molar-refractivity contribution in [2.24, 2.45) is 23.7 Å². The molecule has 3 unspecified atom stereocenters. The van der Waals surface area contributed by atoms with E-state index in [4.69, 9.17) is 37.0 Å². The summed E-state index contributed by atoms with van der Waals surface area (Å²) >= 11 is 0. The first-order chi connectivity index (χ1) is 47.1. The molecular formula is C79H154O17P2. The number of ether oxygens (including phenoxy) is 4. The second-order valence-electron chi connectivity index (χ2n) is 30.1. The summed E-state index contributed by atoms with van der Waals surface area (Å²) in [5.41, 5.74) is 0. The Kier molecular flexibility index (Phi) is 66.8. The summed E-state index contributed by atoms with van der Waals surface area (Å²) in [6.45, 7) is 14.2. The largest absolute Gasteiger partial charge is 0.472 e. The number of rotatable bonds is 76. The maximum atomic E-state index is 13.1. The molecule has 0 fully saturated rings. The molecule has 0 aromatic rings. The molecule has 0 amide bonds. The third kappa shape index (κ3) is 71.1. The van der Waals surface area contributed by atoms with Crippen LogP contribution < -0.4 is 0 Å². The number of carbonyl (C=O) groups excluding carboxylic acids is 4. The molecule has 0 aliphatic carbocycles. The van der Waals surface area contributed by atoms with Gasteiger partial charge in [0.2, 0.25) is 0 Å². The lowest BCUT2D eigenvalue weighted by Crippen LogP contribution is -2.30. The first-order valence-corrected chi connectivity index (χ1v) is 43.7. The number of hydrogen-bond acceptors (Lipinski definition) is 15. The Morgan fingerprint density at radius 1 is 0.286 bits per heavy atom. The fourth-order valence-electron chi connectivity index (χ4n) is 12.0. The Labute approximate surface area is 600 Å². The SMILES string of the molecule is CCC(C)CCCCCCCCC(=O)OC[C@H](COP(=O)(O)OC[C@H](O)COP(=O)(O)OC[C@@H](COC(=O)CCCCCCCCCCC(C)C)OC(=O)CCCCCCCCCCCCCCCC(C)C)OC(=O)CCCCCCCCCCCCCCCCCCCCC(C)C. The van der Waals surface area contributed by atoms with Gasteiger partial charge in [-0.25, -0.2) is 9.13 Å². The third-order valence-electron chi connectivity index (χ3n) is 18.7. The highest BCUT2D eigenvalue weighted by atomic mass is 31.2. The molecule has 17 nitrogen and oxygen atoms in total. The summed E-state index contributed by atoms with van der Waals surface area (Å²) < 4.78 is 68.6. The molecule has 582 valence electrons. The number of esters is 4. The van der Waals surface area contributed by atoms with Crippen molar-refractivity contribution in [3.05, 3.63) is 0 Å². The second-order valence-corrected chi connectivity index (χ2v) is 33.0. The quantitative estimate of drug-likeness (QED) is 0.0222. The highest BCUT2D eigenvalue weighted by Gasteiger charge is 2.30. The molecule has 0 aliphatic heterocycles. The number of aliphatic hydroxyl groups excluding tert-OH is 1. The average Bonchev–Trinajstić information content (AvgIpc) is 0.933. The predicted molar refractivity (Wildman–Crippen MR) is 400 cm³/mol. The Hall–Kier alpha value is -1.94. The molecule has 0 bridgehead atoms. The minimum absolute atomic E-state index is 0.106. The van der Waals surface area contributed by atoms with Crippen molar-refractivity contribution in [1.82, 2.24) is 0 Å². The average molecular weight is 1440 g/mol. The highest BCUT2D eigenvalue weighted by molar-refractivity contribution is 7.47. The summed E-state index contributed by atoms with van der Waals surface area (Å²) in [4.78, 5) is 72.9. The summed E-state index contributed by atoms with van der Waals surface area (Å²) in [7, 11) is -9.92. The molecule has 3 N–H and O–H groups in total. The summed E-state index contributed by atoms with van der Waals surface area (Å²) in [6.07, 6.45) is 54.3. The van der Waals surface area contributed by atoms with E-state index in [1.165, 1.54) is 199 Å². The van der Waals surface area contributed by atoms with Crippen LogP contribution in [0.2, 0.25) is 0 Å². The zero-order valence-corrected chi connectivity index (χ0v) is 66.2. The van der Waals surface area contributed by atoms with Gasteiger partial charge in [-0.2, -0.15) is 0 Å². The lowest BCUT2D eigenvalue weighted by Gasteiger charge is -2.21. The number of phosphoric ester groups is 2. The molecule has 0 radical (unpaired) electrons. The van der Waals surface area contributed by atoms with E-state index in [0.717, 1.165) is 120 Å². The smallest absolute Gasteiger partial charge is 0.462 e. The van der Waals surface area contributed by atoms with Gasteiger partial charge >= 0.3 is 39.5 Å². The number of aliphatic hydroxyl groups is 1. The van der Waals surface area contributed by atoms with E-state index in [9.17, 15) is 43.2 Å². The number of hydrogen-bond donors (Lipinski definition) is 3. The van der Waals surface area contributed by atoms with Gasteiger partial charge in [-0.05, 0) is 49.4 Å². The lowest BCUT2D eigenvalue weighted by atomic mass is 10.00. The Morgan fingerprint density at radius 2 is 0.490 bits per heavy atom. The summed E-state index contributed by atoms with van der Waals surface area (Å²) in [6, 6.07) is 0. The van der Waals surface area contributed by atoms with Crippen LogP contribution in [0, 0.1) is 23.7 Å². The van der Waals surface area contributed by atoms with Crippen molar-refractivity contribution in [1.29, 1.82) is 0 Å². The number of carbonyl (C=O) groups is 4. The molecule has 0 saturated heterocycles. The molecule has 0 aromatic carbocycles. The van der Waals surface area contributed by atoms with E-state index >= 15 is 0 Å². The molecule has 6 atom stereocenters. The van der Waals surface area contributed by atoms with Crippen molar-refractivity contribution < 1.29 is 80.2 Å². The van der Waals surface area contributed by atoms with E-state index in [1.807, 2.05) is 0 Å². The van der Waals surface area contributed by atoms with Crippen molar-refractivity contribution in [2.45, 2.75) is 420 Å². The Balaban J connectivity index is 5.19. The van der Waals surface area contributed by atoms with E-state index in [0.29, 0.717) is 25.7 Å². The van der Waals surface area contributed by atoms with Crippen LogP contribution in [0.5, 0.6) is 0 Å². The van der Waals surface area contributed by atoms with E-state index < -0.39 is 97.5 Å². The van der Waals surface area contributed by atoms with Gasteiger partial charge in [0, 0.05) is 25.7 Å². The Morgan fingerprint density at radius 3 is 0.724 bits per heavy atom. The van der Waals surface area contributed by atoms with Crippen LogP contribution in [-0.4, -0.2) is 96.7 Å². The van der Waals surface area contributed by atoms with Crippen molar-refractivity contribution in [2.75, 3.05) is 39.6 Å². The highest BCUT2D eigenvalue weighted by Crippen LogP contribution is 2.45. The number of unbranched alkanes of at least 4 members (excludes halogenated alkanes) is 41. The summed E-state index contributed by atoms with van der Waals surface area (Å²) in [5.74, 6) is 0.945. The number of phosphoric acid groups is 2. The molecule has 0 spiro atoms. The lowest BCUT2D eigenvalue weighted by molar-refractivity contribution is -0.161. The van der Waals surface area contributed by atoms with Crippen LogP contribution >= 0.6 is 15.6 Å². The van der Waals surface area contributed by atoms with Crippen molar-refractivity contribution in [3.63, 3.8) is 0 Å². The van der Waals surface area contributed by atoms with Crippen LogP contribution in [0.4, 0.5) is 0 Å². The topological polar surface area (TPSA) is 237 Å². The van der Waals surface area contributed by atoms with Gasteiger partial charge in [0.05, 0.1) is 26.4 Å². The van der Waals surface area contributed by atoms with Gasteiger partial charge in [-0.15, -0.1) is 0 Å². The van der Waals surface area contributed by atoms with Gasteiger partial charge in [-0.3, -0.25) is 37.3 Å². The molecular weight excluding hydrogens is 1280 g/mol. The van der Waals surface area contributed by atoms with Crippen LogP contribution in [0.3, 0.4) is 0 Å². The Bertz CT molecular complexity index is 1920. The third-order valence-corrected chi connectivity index (χ3v) is 20.6. The fraction of sp³-hybridized carbons (Fsp3) is 0.949. The van der Waals surface area contributed by atoms with Gasteiger partial charge in [0.1, 0.15) is 19.3 Å². The van der Waals surface area contributed by atoms with Crippen LogP contribution in [0.1, 0.15) is 402 Å². The first-order valence-electron chi connectivity index (χ1n) is 40.7. The molecule has 0 aromatic heterocycles. The monoisotopic (exact) mass is 1440 g/mol. The van der Waals surface area contributed by atoms with Gasteiger partial charge in [-0.1, -0.05) is 351 Å². The van der Waals surface area contributed by atoms with Crippen molar-refractivity contribution >= 4 is 39.5 Å². The maximum Gasteiger partial charge on any atom is 0.472 e. The predicted octanol–water partition coefficient (Wildman–Crippen LogP) is 23.2. The normalized spacial score (nSPS) is 14.3. The van der Waals surface area contributed by atoms with Gasteiger partial charge in [0.15, 0.2) is 12.2 Å². The zero-order chi connectivity index (χ0) is 72.4. The molecule has 98 heavy (non-hydrogen) atoms.